The second-order valence-electron chi connectivity index (χ2n) is 3.88. The molecule has 0 amide bonds. The number of oxime groups is 1. The highest BCUT2D eigenvalue weighted by molar-refractivity contribution is 5.84. The molecule has 1 aromatic carbocycles. The van der Waals surface area contributed by atoms with Crippen molar-refractivity contribution in [2.75, 3.05) is 6.54 Å². The third-order valence-electron chi connectivity index (χ3n) is 2.67. The van der Waals surface area contributed by atoms with Crippen molar-refractivity contribution in [3.63, 3.8) is 0 Å². The molecule has 0 radical (unpaired) electrons. The normalized spacial score (nSPS) is 13.8. The number of hydrogen-bond donors (Lipinski definition) is 3. The summed E-state index contributed by atoms with van der Waals surface area (Å²) in [5, 5.41) is 14.6. The zero-order chi connectivity index (χ0) is 12.0. The van der Waals surface area contributed by atoms with E-state index in [0.29, 0.717) is 0 Å². The fraction of sp³-hybridized carbons (Fsp3) is 0.417. The number of amidine groups is 1. The third kappa shape index (κ3) is 3.55. The van der Waals surface area contributed by atoms with Crippen LogP contribution in [0.5, 0.6) is 0 Å². The highest BCUT2D eigenvalue weighted by atomic mass is 16.4. The number of nitrogens with two attached hydrogens (primary N) is 1. The number of rotatable bonds is 5. The molecule has 0 bridgehead atoms. The molecule has 0 saturated carbocycles. The topological polar surface area (TPSA) is 70.6 Å². The van der Waals surface area contributed by atoms with Crippen LogP contribution in [-0.2, 0) is 6.42 Å². The molecule has 0 saturated heterocycles. The first-order valence-electron chi connectivity index (χ1n) is 5.40. The lowest BCUT2D eigenvalue weighted by atomic mass is 10.1. The summed E-state index contributed by atoms with van der Waals surface area (Å²) in [5.41, 5.74) is 8.08. The van der Waals surface area contributed by atoms with Gasteiger partial charge in [-0.3, -0.25) is 0 Å². The number of nitrogens with one attached hydrogen (secondary N) is 1. The minimum absolute atomic E-state index is 0.103. The van der Waals surface area contributed by atoms with Crippen molar-refractivity contribution in [2.24, 2.45) is 10.9 Å². The predicted octanol–water partition coefficient (Wildman–Crippen LogP) is 1.26. The van der Waals surface area contributed by atoms with Crippen LogP contribution in [0.1, 0.15) is 18.1 Å². The Morgan fingerprint density at radius 1 is 1.50 bits per heavy atom. The van der Waals surface area contributed by atoms with Gasteiger partial charge in [0.05, 0.1) is 6.04 Å². The van der Waals surface area contributed by atoms with Gasteiger partial charge in [0.2, 0.25) is 0 Å². The van der Waals surface area contributed by atoms with Crippen molar-refractivity contribution in [3.8, 4) is 0 Å². The van der Waals surface area contributed by atoms with E-state index in [4.69, 9.17) is 10.9 Å². The van der Waals surface area contributed by atoms with Crippen molar-refractivity contribution in [1.29, 1.82) is 0 Å². The molecule has 0 aliphatic carbocycles. The standard InChI is InChI=1S/C12H19N3O/c1-9-5-3-4-6-11(9)7-8-14-10(2)12(13)15-16/h3-6,10,14,16H,7-8H2,1-2H3,(H2,13,15). The maximum absolute atomic E-state index is 8.49. The molecule has 88 valence electrons. The highest BCUT2D eigenvalue weighted by Gasteiger charge is 2.05. The molecule has 16 heavy (non-hydrogen) atoms. The molecule has 0 aromatic heterocycles. The highest BCUT2D eigenvalue weighted by Crippen LogP contribution is 2.06. The molecule has 1 atom stereocenters. The molecule has 0 aliphatic heterocycles. The molecule has 0 spiro atoms. The van der Waals surface area contributed by atoms with E-state index in [9.17, 15) is 0 Å². The van der Waals surface area contributed by atoms with Gasteiger partial charge in [0, 0.05) is 0 Å². The van der Waals surface area contributed by atoms with Crippen LogP contribution in [0.15, 0.2) is 29.4 Å². The van der Waals surface area contributed by atoms with E-state index < -0.39 is 0 Å². The van der Waals surface area contributed by atoms with Crippen molar-refractivity contribution in [1.82, 2.24) is 5.32 Å². The minimum atomic E-state index is -0.103. The largest absolute Gasteiger partial charge is 0.409 e. The SMILES string of the molecule is Cc1ccccc1CCNC(C)C(N)=NO. The smallest absolute Gasteiger partial charge is 0.156 e. The van der Waals surface area contributed by atoms with Gasteiger partial charge in [-0.15, -0.1) is 0 Å². The third-order valence-corrected chi connectivity index (χ3v) is 2.67. The monoisotopic (exact) mass is 221 g/mol. The van der Waals surface area contributed by atoms with Crippen LogP contribution >= 0.6 is 0 Å². The van der Waals surface area contributed by atoms with E-state index in [-0.39, 0.29) is 11.9 Å². The maximum Gasteiger partial charge on any atom is 0.156 e. The Kier molecular flexibility index (Phi) is 4.79. The molecule has 0 aliphatic rings. The average Bonchev–Trinajstić information content (AvgIpc) is 2.30. The molecule has 4 heteroatoms. The molecular formula is C12H19N3O. The van der Waals surface area contributed by atoms with Crippen molar-refractivity contribution in [2.45, 2.75) is 26.3 Å². The average molecular weight is 221 g/mol. The second kappa shape index (κ2) is 6.12. The number of nitrogens with zero attached hydrogens (tertiary/aromatic N) is 1. The van der Waals surface area contributed by atoms with Gasteiger partial charge in [-0.1, -0.05) is 29.4 Å². The van der Waals surface area contributed by atoms with E-state index in [1.165, 1.54) is 11.1 Å². The van der Waals surface area contributed by atoms with E-state index in [0.717, 1.165) is 13.0 Å². The van der Waals surface area contributed by atoms with Crippen molar-refractivity contribution in [3.05, 3.63) is 35.4 Å². The summed E-state index contributed by atoms with van der Waals surface area (Å²) in [5.74, 6) is 0.213. The molecule has 1 rings (SSSR count). The maximum atomic E-state index is 8.49. The predicted molar refractivity (Wildman–Crippen MR) is 65.8 cm³/mol. The Bertz CT molecular complexity index is 363. The van der Waals surface area contributed by atoms with Crippen LogP contribution in [0.25, 0.3) is 0 Å². The Balaban J connectivity index is 2.39. The summed E-state index contributed by atoms with van der Waals surface area (Å²) in [7, 11) is 0. The summed E-state index contributed by atoms with van der Waals surface area (Å²) in [6.07, 6.45) is 0.940. The lowest BCUT2D eigenvalue weighted by molar-refractivity contribution is 0.315. The summed E-state index contributed by atoms with van der Waals surface area (Å²) in [4.78, 5) is 0. The first kappa shape index (κ1) is 12.5. The number of benzene rings is 1. The molecule has 4 N–H and O–H groups in total. The quantitative estimate of drug-likeness (QED) is 0.303. The van der Waals surface area contributed by atoms with Crippen LogP contribution in [0.3, 0.4) is 0 Å². The van der Waals surface area contributed by atoms with Crippen molar-refractivity contribution < 1.29 is 5.21 Å². The van der Waals surface area contributed by atoms with Crippen LogP contribution in [0.4, 0.5) is 0 Å². The summed E-state index contributed by atoms with van der Waals surface area (Å²) in [6, 6.07) is 8.18. The second-order valence-corrected chi connectivity index (χ2v) is 3.88. The van der Waals surface area contributed by atoms with Gasteiger partial charge in [0.1, 0.15) is 0 Å². The first-order chi connectivity index (χ1) is 7.65. The Morgan fingerprint density at radius 2 is 2.19 bits per heavy atom. The molecule has 0 fully saturated rings. The fourth-order valence-electron chi connectivity index (χ4n) is 1.51. The number of aryl methyl sites for hydroxylation is 1. The molecule has 0 heterocycles. The summed E-state index contributed by atoms with van der Waals surface area (Å²) in [6.45, 7) is 4.78. The zero-order valence-corrected chi connectivity index (χ0v) is 9.77. The van der Waals surface area contributed by atoms with Crippen LogP contribution in [0.2, 0.25) is 0 Å². The molecular weight excluding hydrogens is 202 g/mol. The van der Waals surface area contributed by atoms with Crippen LogP contribution in [-0.4, -0.2) is 23.6 Å². The first-order valence-corrected chi connectivity index (χ1v) is 5.40. The van der Waals surface area contributed by atoms with Gasteiger partial charge in [-0.2, -0.15) is 0 Å². The zero-order valence-electron chi connectivity index (χ0n) is 9.77. The lowest BCUT2D eigenvalue weighted by Crippen LogP contribution is -2.39. The van der Waals surface area contributed by atoms with Crippen LogP contribution < -0.4 is 11.1 Å². The summed E-state index contributed by atoms with van der Waals surface area (Å²) < 4.78 is 0. The van der Waals surface area contributed by atoms with Crippen molar-refractivity contribution >= 4 is 5.84 Å². The van der Waals surface area contributed by atoms with E-state index in [1.807, 2.05) is 19.1 Å². The molecule has 1 unspecified atom stereocenters. The van der Waals surface area contributed by atoms with E-state index in [1.54, 1.807) is 0 Å². The van der Waals surface area contributed by atoms with Gasteiger partial charge in [0.25, 0.3) is 0 Å². The van der Waals surface area contributed by atoms with Crippen LogP contribution in [0, 0.1) is 6.92 Å². The Hall–Kier alpha value is -1.55. The lowest BCUT2D eigenvalue weighted by Gasteiger charge is -2.12. The fourth-order valence-corrected chi connectivity index (χ4v) is 1.51. The van der Waals surface area contributed by atoms with Gasteiger partial charge in [-0.05, 0) is 37.9 Å². The van der Waals surface area contributed by atoms with Gasteiger partial charge >= 0.3 is 0 Å². The Labute approximate surface area is 96.2 Å². The van der Waals surface area contributed by atoms with Gasteiger partial charge < -0.3 is 16.3 Å². The molecule has 4 nitrogen and oxygen atoms in total. The summed E-state index contributed by atoms with van der Waals surface area (Å²) >= 11 is 0. The van der Waals surface area contributed by atoms with E-state index >= 15 is 0 Å². The Morgan fingerprint density at radius 3 is 2.81 bits per heavy atom. The number of hydrogen-bond acceptors (Lipinski definition) is 3. The van der Waals surface area contributed by atoms with Gasteiger partial charge in [-0.25, -0.2) is 0 Å². The minimum Gasteiger partial charge on any atom is -0.409 e. The molecule has 1 aromatic rings. The van der Waals surface area contributed by atoms with E-state index in [2.05, 4.69) is 29.5 Å². The van der Waals surface area contributed by atoms with Gasteiger partial charge in [0.15, 0.2) is 5.84 Å².